The quantitative estimate of drug-likeness (QED) is 0.274. The molecule has 5 rings (SSSR count). The molecule has 0 bridgehead atoms. The van der Waals surface area contributed by atoms with Gasteiger partial charge in [-0.05, 0) is 75.8 Å². The summed E-state index contributed by atoms with van der Waals surface area (Å²) >= 11 is 5.25. The number of aromatic nitrogens is 1. The SMILES string of the molecule is CCCOC1CCNC1C(=O)CCc1ccc2c(-c3cccc(C(N)=S)c3)cn(C3CCN(S(=O)(=O)C(C)C)CC3)c2c1. The number of nitrogens with one attached hydrogen (secondary N) is 1. The topological polar surface area (TPSA) is 107 Å². The zero-order chi connectivity index (χ0) is 30.7. The summed E-state index contributed by atoms with van der Waals surface area (Å²) in [6.45, 7) is 8.04. The van der Waals surface area contributed by atoms with E-state index >= 15 is 0 Å². The summed E-state index contributed by atoms with van der Waals surface area (Å²) in [5, 5.41) is 4.03. The molecule has 0 aliphatic carbocycles. The van der Waals surface area contributed by atoms with Gasteiger partial charge in [-0.25, -0.2) is 12.7 Å². The Morgan fingerprint density at radius 3 is 2.60 bits per heavy atom. The second kappa shape index (κ2) is 13.6. The van der Waals surface area contributed by atoms with Crippen molar-refractivity contribution in [3.8, 4) is 11.1 Å². The van der Waals surface area contributed by atoms with Crippen molar-refractivity contribution in [1.82, 2.24) is 14.2 Å². The predicted molar refractivity (Wildman–Crippen MR) is 177 cm³/mol. The molecule has 0 spiro atoms. The van der Waals surface area contributed by atoms with Gasteiger partial charge in [-0.3, -0.25) is 4.79 Å². The molecule has 0 amide bonds. The number of nitrogens with two attached hydrogens (primary N) is 1. The minimum absolute atomic E-state index is 0.0442. The number of benzene rings is 2. The van der Waals surface area contributed by atoms with Crippen LogP contribution < -0.4 is 11.1 Å². The summed E-state index contributed by atoms with van der Waals surface area (Å²) < 4.78 is 35.5. The summed E-state index contributed by atoms with van der Waals surface area (Å²) in [4.78, 5) is 13.5. The van der Waals surface area contributed by atoms with Crippen LogP contribution in [0.3, 0.4) is 0 Å². The fraction of sp³-hybridized carbons (Fsp3) is 0.515. The van der Waals surface area contributed by atoms with Crippen LogP contribution in [0.4, 0.5) is 0 Å². The predicted octanol–water partition coefficient (Wildman–Crippen LogP) is 4.98. The lowest BCUT2D eigenvalue weighted by atomic mass is 9.98. The average Bonchev–Trinajstić information content (AvgIpc) is 3.63. The summed E-state index contributed by atoms with van der Waals surface area (Å²) in [7, 11) is -3.28. The van der Waals surface area contributed by atoms with Crippen LogP contribution in [0.25, 0.3) is 22.0 Å². The van der Waals surface area contributed by atoms with Gasteiger partial charge in [0.25, 0.3) is 0 Å². The molecule has 1 aromatic heterocycles. The first kappa shape index (κ1) is 31.8. The Morgan fingerprint density at radius 2 is 1.91 bits per heavy atom. The van der Waals surface area contributed by atoms with E-state index in [0.29, 0.717) is 37.5 Å². The van der Waals surface area contributed by atoms with Crippen LogP contribution in [0.1, 0.15) is 70.0 Å². The van der Waals surface area contributed by atoms with Gasteiger partial charge in [-0.1, -0.05) is 49.5 Å². The number of rotatable bonds is 12. The van der Waals surface area contributed by atoms with Crippen LogP contribution in [-0.2, 0) is 26.0 Å². The van der Waals surface area contributed by atoms with Gasteiger partial charge >= 0.3 is 0 Å². The van der Waals surface area contributed by atoms with Crippen molar-refractivity contribution in [2.75, 3.05) is 26.2 Å². The van der Waals surface area contributed by atoms with E-state index in [2.05, 4.69) is 47.3 Å². The molecule has 8 nitrogen and oxygen atoms in total. The highest BCUT2D eigenvalue weighted by molar-refractivity contribution is 7.89. The van der Waals surface area contributed by atoms with Crippen molar-refractivity contribution in [2.45, 2.75) is 82.7 Å². The van der Waals surface area contributed by atoms with Gasteiger partial charge in [0.2, 0.25) is 10.0 Å². The Bertz CT molecular complexity index is 1570. The van der Waals surface area contributed by atoms with Crippen LogP contribution in [0.15, 0.2) is 48.7 Å². The number of fused-ring (bicyclic) bond motifs is 1. The molecule has 3 aromatic rings. The zero-order valence-corrected chi connectivity index (χ0v) is 27.1. The van der Waals surface area contributed by atoms with Gasteiger partial charge in [-0.15, -0.1) is 0 Å². The van der Waals surface area contributed by atoms with Gasteiger partial charge < -0.3 is 20.4 Å². The molecule has 2 atom stereocenters. The van der Waals surface area contributed by atoms with Crippen LogP contribution in [0, 0.1) is 0 Å². The van der Waals surface area contributed by atoms with Crippen molar-refractivity contribution >= 4 is 43.9 Å². The van der Waals surface area contributed by atoms with E-state index in [1.165, 1.54) is 0 Å². The molecule has 2 unspecified atom stereocenters. The molecule has 0 radical (unpaired) electrons. The van der Waals surface area contributed by atoms with Gasteiger partial charge in [-0.2, -0.15) is 0 Å². The normalized spacial score (nSPS) is 20.3. The Morgan fingerprint density at radius 1 is 1.14 bits per heavy atom. The van der Waals surface area contributed by atoms with Crippen molar-refractivity contribution in [3.05, 3.63) is 59.8 Å². The maximum absolute atomic E-state index is 13.2. The molecule has 232 valence electrons. The standard InChI is InChI=1S/C33H44N4O4S2/c1-4-18-41-31-12-15-35-32(31)30(38)11-9-23-8-10-27-28(24-6-5-7-25(20-24)33(34)42)21-37(29(27)19-23)26-13-16-36(17-14-26)43(39,40)22(2)3/h5-8,10,19-22,26,31-32,35H,4,9,11-18H2,1-3H3,(H2,34,42). The minimum atomic E-state index is -3.28. The number of hydrogen-bond acceptors (Lipinski definition) is 6. The third-order valence-electron chi connectivity index (χ3n) is 8.84. The largest absolute Gasteiger partial charge is 0.389 e. The van der Waals surface area contributed by atoms with Crippen LogP contribution in [-0.4, -0.2) is 71.7 Å². The number of hydrogen-bond donors (Lipinski definition) is 2. The number of ketones is 1. The van der Waals surface area contributed by atoms with Crippen molar-refractivity contribution in [1.29, 1.82) is 0 Å². The first-order valence-electron chi connectivity index (χ1n) is 15.5. The molecule has 2 fully saturated rings. The average molecular weight is 625 g/mol. The zero-order valence-electron chi connectivity index (χ0n) is 25.4. The molecule has 43 heavy (non-hydrogen) atoms. The Hall–Kier alpha value is -2.63. The smallest absolute Gasteiger partial charge is 0.216 e. The second-order valence-corrected chi connectivity index (χ2v) is 15.0. The van der Waals surface area contributed by atoms with Gasteiger partial charge in [0.05, 0.1) is 17.4 Å². The lowest BCUT2D eigenvalue weighted by Crippen LogP contribution is -2.42. The Balaban J connectivity index is 1.43. The number of aryl methyl sites for hydroxylation is 1. The molecular formula is C33H44N4O4S2. The molecule has 2 saturated heterocycles. The highest BCUT2D eigenvalue weighted by atomic mass is 32.2. The van der Waals surface area contributed by atoms with Crippen LogP contribution in [0.5, 0.6) is 0 Å². The summed E-state index contributed by atoms with van der Waals surface area (Å²) in [6.07, 6.45) is 6.51. The monoisotopic (exact) mass is 624 g/mol. The number of sulfonamides is 1. The fourth-order valence-corrected chi connectivity index (χ4v) is 7.81. The fourth-order valence-electron chi connectivity index (χ4n) is 6.37. The van der Waals surface area contributed by atoms with Gasteiger partial charge in [0, 0.05) is 60.4 Å². The molecular weight excluding hydrogens is 581 g/mol. The highest BCUT2D eigenvalue weighted by Gasteiger charge is 2.33. The van der Waals surface area contributed by atoms with Crippen molar-refractivity contribution < 1.29 is 17.9 Å². The summed E-state index contributed by atoms with van der Waals surface area (Å²) in [5.41, 5.74) is 11.1. The van der Waals surface area contributed by atoms with E-state index in [1.54, 1.807) is 18.2 Å². The first-order valence-corrected chi connectivity index (χ1v) is 17.4. The van der Waals surface area contributed by atoms with Crippen molar-refractivity contribution in [2.24, 2.45) is 5.73 Å². The van der Waals surface area contributed by atoms with E-state index < -0.39 is 15.3 Å². The van der Waals surface area contributed by atoms with E-state index in [4.69, 9.17) is 22.7 Å². The lowest BCUT2D eigenvalue weighted by Gasteiger charge is -2.33. The molecule has 2 aromatic carbocycles. The van der Waals surface area contributed by atoms with Gasteiger partial charge in [0.15, 0.2) is 5.78 Å². The highest BCUT2D eigenvalue weighted by Crippen LogP contribution is 2.37. The maximum Gasteiger partial charge on any atom is 0.216 e. The van der Waals surface area contributed by atoms with E-state index in [1.807, 2.05) is 18.2 Å². The molecule has 0 saturated carbocycles. The van der Waals surface area contributed by atoms with E-state index in [0.717, 1.165) is 65.4 Å². The number of Topliss-reactive ketones (excluding diaryl/α,β-unsaturated/α-hetero) is 1. The Kier molecular flexibility index (Phi) is 10.0. The molecule has 3 N–H and O–H groups in total. The van der Waals surface area contributed by atoms with Crippen molar-refractivity contribution in [3.63, 3.8) is 0 Å². The molecule has 2 aliphatic rings. The minimum Gasteiger partial charge on any atom is -0.389 e. The molecule has 10 heteroatoms. The van der Waals surface area contributed by atoms with E-state index in [-0.39, 0.29) is 24.0 Å². The first-order chi connectivity index (χ1) is 20.6. The third kappa shape index (κ3) is 6.88. The summed E-state index contributed by atoms with van der Waals surface area (Å²) in [5.74, 6) is 0.197. The Labute approximate surface area is 261 Å². The number of ether oxygens (including phenoxy) is 1. The number of carbonyl (C=O) groups excluding carboxylic acids is 1. The van der Waals surface area contributed by atoms with Crippen LogP contribution >= 0.6 is 12.2 Å². The second-order valence-electron chi connectivity index (χ2n) is 12.1. The number of nitrogens with zero attached hydrogens (tertiary/aromatic N) is 2. The number of thiocarbonyl (C=S) groups is 1. The number of carbonyl (C=O) groups is 1. The summed E-state index contributed by atoms with van der Waals surface area (Å²) in [6, 6.07) is 14.4. The number of piperidine rings is 1. The third-order valence-corrected chi connectivity index (χ3v) is 11.3. The van der Waals surface area contributed by atoms with Crippen LogP contribution in [0.2, 0.25) is 0 Å². The molecule has 3 heterocycles. The lowest BCUT2D eigenvalue weighted by molar-refractivity contribution is -0.123. The van der Waals surface area contributed by atoms with Gasteiger partial charge in [0.1, 0.15) is 4.99 Å². The van der Waals surface area contributed by atoms with E-state index in [9.17, 15) is 13.2 Å². The maximum atomic E-state index is 13.2. The molecule has 2 aliphatic heterocycles.